The summed E-state index contributed by atoms with van der Waals surface area (Å²) in [6.07, 6.45) is 9.92. The Morgan fingerprint density at radius 1 is 1.24 bits per heavy atom. The van der Waals surface area contributed by atoms with Crippen molar-refractivity contribution in [2.75, 3.05) is 26.2 Å². The van der Waals surface area contributed by atoms with E-state index in [1.54, 1.807) is 0 Å². The van der Waals surface area contributed by atoms with Gasteiger partial charge in [-0.2, -0.15) is 0 Å². The van der Waals surface area contributed by atoms with E-state index in [4.69, 9.17) is 21.9 Å². The standard InChI is InChI=1S/C28H41N3O2/c1-7-22(8-2)19-33-28(32)24(9-3)26(30-25-13-11-10-12-21(25)6)27(20(4)5)31-16-14-23(18-29)15-17-31/h3,10-13,22-24H,7-8,14-19,29H2,1-2,4-6H3. The lowest BCUT2D eigenvalue weighted by molar-refractivity contribution is -0.145. The third-order valence-corrected chi connectivity index (χ3v) is 6.63. The van der Waals surface area contributed by atoms with Crippen molar-refractivity contribution in [1.82, 2.24) is 4.90 Å². The molecule has 1 saturated heterocycles. The van der Waals surface area contributed by atoms with Gasteiger partial charge in [0.05, 0.1) is 23.7 Å². The van der Waals surface area contributed by atoms with Crippen molar-refractivity contribution in [2.24, 2.45) is 28.5 Å². The molecule has 33 heavy (non-hydrogen) atoms. The molecular weight excluding hydrogens is 410 g/mol. The summed E-state index contributed by atoms with van der Waals surface area (Å²) in [4.78, 5) is 20.6. The Kier molecular flexibility index (Phi) is 10.7. The van der Waals surface area contributed by atoms with Crippen LogP contribution in [-0.2, 0) is 9.53 Å². The number of esters is 1. The van der Waals surface area contributed by atoms with Crippen molar-refractivity contribution >= 4 is 17.4 Å². The molecule has 1 aromatic rings. The summed E-state index contributed by atoms with van der Waals surface area (Å²) in [5.41, 5.74) is 10.4. The van der Waals surface area contributed by atoms with E-state index in [1.807, 2.05) is 31.2 Å². The van der Waals surface area contributed by atoms with Crippen LogP contribution in [0.1, 0.15) is 58.9 Å². The largest absolute Gasteiger partial charge is 0.464 e. The molecule has 1 aliphatic heterocycles. The van der Waals surface area contributed by atoms with Crippen molar-refractivity contribution in [3.63, 3.8) is 0 Å². The van der Waals surface area contributed by atoms with Gasteiger partial charge in [0.2, 0.25) is 0 Å². The van der Waals surface area contributed by atoms with Gasteiger partial charge in [0.15, 0.2) is 5.92 Å². The van der Waals surface area contributed by atoms with Crippen molar-refractivity contribution in [2.45, 2.75) is 60.3 Å². The zero-order valence-corrected chi connectivity index (χ0v) is 21.1. The third-order valence-electron chi connectivity index (χ3n) is 6.63. The summed E-state index contributed by atoms with van der Waals surface area (Å²) in [5.74, 6) is 2.32. The lowest BCUT2D eigenvalue weighted by Crippen LogP contribution is -2.41. The van der Waals surface area contributed by atoms with Gasteiger partial charge in [-0.3, -0.25) is 4.79 Å². The van der Waals surface area contributed by atoms with Crippen LogP contribution < -0.4 is 5.73 Å². The SMILES string of the molecule is C#CC(C(=O)OCC(CC)CC)C(=Nc1ccccc1C)C(=C(C)C)N1CCC(CN)CC1. The minimum absolute atomic E-state index is 0.336. The predicted octanol–water partition coefficient (Wildman–Crippen LogP) is 5.26. The van der Waals surface area contributed by atoms with E-state index < -0.39 is 11.9 Å². The molecule has 2 rings (SSSR count). The average Bonchev–Trinajstić information content (AvgIpc) is 2.82. The van der Waals surface area contributed by atoms with Crippen LogP contribution in [0.3, 0.4) is 0 Å². The van der Waals surface area contributed by atoms with E-state index in [1.165, 1.54) is 0 Å². The van der Waals surface area contributed by atoms with E-state index in [2.05, 4.69) is 38.5 Å². The fourth-order valence-electron chi connectivity index (χ4n) is 4.27. The lowest BCUT2D eigenvalue weighted by Gasteiger charge is -2.36. The summed E-state index contributed by atoms with van der Waals surface area (Å²) in [6, 6.07) is 7.91. The van der Waals surface area contributed by atoms with Gasteiger partial charge in [-0.1, -0.05) is 56.4 Å². The highest BCUT2D eigenvalue weighted by Crippen LogP contribution is 2.28. The molecule has 0 spiro atoms. The molecular formula is C28H41N3O2. The zero-order chi connectivity index (χ0) is 24.4. The number of hydrogen-bond acceptors (Lipinski definition) is 5. The van der Waals surface area contributed by atoms with Gasteiger partial charge in [-0.05, 0) is 63.6 Å². The highest BCUT2D eigenvalue weighted by atomic mass is 16.5. The molecule has 1 aromatic carbocycles. The number of likely N-dealkylation sites (tertiary alicyclic amines) is 1. The van der Waals surface area contributed by atoms with Crippen LogP contribution >= 0.6 is 0 Å². The van der Waals surface area contributed by atoms with Gasteiger partial charge >= 0.3 is 5.97 Å². The number of piperidine rings is 1. The maximum Gasteiger partial charge on any atom is 0.327 e. The van der Waals surface area contributed by atoms with E-state index in [0.717, 1.165) is 61.3 Å². The number of nitrogens with zero attached hydrogens (tertiary/aromatic N) is 2. The maximum atomic E-state index is 13.2. The second kappa shape index (κ2) is 13.2. The van der Waals surface area contributed by atoms with Crippen LogP contribution in [0.5, 0.6) is 0 Å². The molecule has 1 unspecified atom stereocenters. The molecule has 2 N–H and O–H groups in total. The Bertz CT molecular complexity index is 881. The Labute approximate surface area is 200 Å². The number of ether oxygens (including phenoxy) is 1. The molecule has 1 heterocycles. The van der Waals surface area contributed by atoms with E-state index >= 15 is 0 Å². The van der Waals surface area contributed by atoms with Gasteiger partial charge in [-0.25, -0.2) is 4.99 Å². The molecule has 0 amide bonds. The van der Waals surface area contributed by atoms with Crippen molar-refractivity contribution in [3.05, 3.63) is 41.1 Å². The first-order chi connectivity index (χ1) is 15.9. The zero-order valence-electron chi connectivity index (χ0n) is 21.1. The summed E-state index contributed by atoms with van der Waals surface area (Å²) >= 11 is 0. The summed E-state index contributed by atoms with van der Waals surface area (Å²) in [5, 5.41) is 0. The maximum absolute atomic E-state index is 13.2. The van der Waals surface area contributed by atoms with Gasteiger partial charge in [0, 0.05) is 13.1 Å². The number of benzene rings is 1. The van der Waals surface area contributed by atoms with Crippen LogP contribution in [0.2, 0.25) is 0 Å². The number of para-hydroxylation sites is 1. The van der Waals surface area contributed by atoms with E-state index in [-0.39, 0.29) is 0 Å². The molecule has 1 fully saturated rings. The molecule has 0 radical (unpaired) electrons. The summed E-state index contributed by atoms with van der Waals surface area (Å²) in [6.45, 7) is 13.2. The molecule has 1 aliphatic rings. The minimum Gasteiger partial charge on any atom is -0.464 e. The molecule has 1 atom stereocenters. The lowest BCUT2D eigenvalue weighted by atomic mass is 9.92. The number of carbonyl (C=O) groups is 1. The number of nitrogens with two attached hydrogens (primary N) is 1. The number of aliphatic imine (C=N–C) groups is 1. The molecule has 180 valence electrons. The van der Waals surface area contributed by atoms with Gasteiger partial charge < -0.3 is 15.4 Å². The highest BCUT2D eigenvalue weighted by molar-refractivity contribution is 6.14. The molecule has 0 aromatic heterocycles. The topological polar surface area (TPSA) is 67.9 Å². The monoisotopic (exact) mass is 451 g/mol. The first-order valence-electron chi connectivity index (χ1n) is 12.3. The van der Waals surface area contributed by atoms with E-state index in [9.17, 15) is 4.79 Å². The molecule has 5 heteroatoms. The predicted molar refractivity (Wildman–Crippen MR) is 137 cm³/mol. The number of terminal acetylenes is 1. The Morgan fingerprint density at radius 2 is 1.88 bits per heavy atom. The number of carbonyl (C=O) groups excluding carboxylic acids is 1. The second-order valence-corrected chi connectivity index (χ2v) is 9.21. The minimum atomic E-state index is -0.865. The van der Waals surface area contributed by atoms with Crippen molar-refractivity contribution in [1.29, 1.82) is 0 Å². The van der Waals surface area contributed by atoms with Gasteiger partial charge in [-0.15, -0.1) is 6.42 Å². The van der Waals surface area contributed by atoms with Gasteiger partial charge in [0.25, 0.3) is 0 Å². The van der Waals surface area contributed by atoms with Gasteiger partial charge in [0.1, 0.15) is 0 Å². The van der Waals surface area contributed by atoms with Crippen molar-refractivity contribution < 1.29 is 9.53 Å². The Hall–Kier alpha value is -2.58. The molecule has 0 saturated carbocycles. The molecule has 0 bridgehead atoms. The number of allylic oxidation sites excluding steroid dienone is 2. The van der Waals surface area contributed by atoms with Crippen LogP contribution in [0, 0.1) is 37.0 Å². The molecule has 0 aliphatic carbocycles. The van der Waals surface area contributed by atoms with Crippen molar-refractivity contribution in [3.8, 4) is 12.3 Å². The van der Waals surface area contributed by atoms with Crippen LogP contribution in [-0.4, -0.2) is 42.8 Å². The smallest absolute Gasteiger partial charge is 0.327 e. The second-order valence-electron chi connectivity index (χ2n) is 9.21. The number of aryl methyl sites for hydroxylation is 1. The Balaban J connectivity index is 2.48. The molecule has 5 nitrogen and oxygen atoms in total. The Morgan fingerprint density at radius 3 is 2.39 bits per heavy atom. The average molecular weight is 452 g/mol. The number of hydrogen-bond donors (Lipinski definition) is 1. The van der Waals surface area contributed by atoms with Crippen LogP contribution in [0.15, 0.2) is 40.5 Å². The first kappa shape index (κ1) is 26.7. The number of rotatable bonds is 10. The quantitative estimate of drug-likeness (QED) is 0.299. The summed E-state index contributed by atoms with van der Waals surface area (Å²) < 4.78 is 5.72. The van der Waals surface area contributed by atoms with E-state index in [0.29, 0.717) is 30.7 Å². The first-order valence-corrected chi connectivity index (χ1v) is 12.3. The van der Waals surface area contributed by atoms with Crippen LogP contribution in [0.25, 0.3) is 0 Å². The fourth-order valence-corrected chi connectivity index (χ4v) is 4.27. The normalized spacial score (nSPS) is 15.8. The highest BCUT2D eigenvalue weighted by Gasteiger charge is 2.32. The fraction of sp³-hybridized carbons (Fsp3) is 0.571. The third kappa shape index (κ3) is 7.20. The van der Waals surface area contributed by atoms with Crippen LogP contribution in [0.4, 0.5) is 5.69 Å². The summed E-state index contributed by atoms with van der Waals surface area (Å²) in [7, 11) is 0.